The number of nitrogens with zero attached hydrogens (tertiary/aromatic N) is 1. The van der Waals surface area contributed by atoms with Crippen molar-refractivity contribution in [2.24, 2.45) is 5.41 Å². The zero-order chi connectivity index (χ0) is 16.3. The van der Waals surface area contributed by atoms with E-state index in [0.29, 0.717) is 27.2 Å². The van der Waals surface area contributed by atoms with Crippen LogP contribution in [0.15, 0.2) is 36.5 Å². The number of carbonyl (C=O) groups is 1. The molecule has 0 unspecified atom stereocenters. The van der Waals surface area contributed by atoms with Crippen molar-refractivity contribution in [2.75, 3.05) is 10.6 Å². The zero-order valence-electron chi connectivity index (χ0n) is 12.6. The molecule has 2 N–H and O–H groups in total. The number of amides is 1. The van der Waals surface area contributed by atoms with Gasteiger partial charge in [-0.1, -0.05) is 50.0 Å². The van der Waals surface area contributed by atoms with E-state index in [1.165, 1.54) is 0 Å². The first-order valence-electron chi connectivity index (χ1n) is 6.76. The van der Waals surface area contributed by atoms with Crippen molar-refractivity contribution in [2.45, 2.75) is 20.8 Å². The van der Waals surface area contributed by atoms with Crippen LogP contribution in [0.3, 0.4) is 0 Å². The van der Waals surface area contributed by atoms with Gasteiger partial charge in [-0.15, -0.1) is 0 Å². The first-order valence-corrected chi connectivity index (χ1v) is 7.51. The zero-order valence-corrected chi connectivity index (χ0v) is 14.1. The highest BCUT2D eigenvalue weighted by Gasteiger charge is 2.21. The van der Waals surface area contributed by atoms with Gasteiger partial charge in [-0.25, -0.2) is 4.98 Å². The van der Waals surface area contributed by atoms with Crippen LogP contribution in [0, 0.1) is 5.41 Å². The maximum atomic E-state index is 11.9. The molecular weight excluding hydrogens is 321 g/mol. The van der Waals surface area contributed by atoms with Crippen molar-refractivity contribution in [3.05, 3.63) is 46.6 Å². The molecule has 6 heteroatoms. The third-order valence-corrected chi connectivity index (χ3v) is 3.55. The topological polar surface area (TPSA) is 54.0 Å². The lowest BCUT2D eigenvalue weighted by Gasteiger charge is -2.17. The van der Waals surface area contributed by atoms with E-state index in [9.17, 15) is 4.79 Å². The summed E-state index contributed by atoms with van der Waals surface area (Å²) in [5.41, 5.74) is 0.780. The predicted octanol–water partition coefficient (Wildman–Crippen LogP) is 5.12. The highest BCUT2D eigenvalue weighted by molar-refractivity contribution is 6.39. The van der Waals surface area contributed by atoms with Crippen molar-refractivity contribution in [3.63, 3.8) is 0 Å². The molecule has 1 heterocycles. The van der Waals surface area contributed by atoms with Crippen molar-refractivity contribution in [3.8, 4) is 0 Å². The molecule has 0 fully saturated rings. The Hall–Kier alpha value is -1.78. The normalized spacial score (nSPS) is 11.1. The van der Waals surface area contributed by atoms with E-state index in [1.54, 1.807) is 36.5 Å². The van der Waals surface area contributed by atoms with Crippen molar-refractivity contribution in [1.29, 1.82) is 0 Å². The first-order chi connectivity index (χ1) is 10.3. The minimum atomic E-state index is -0.456. The Labute approximate surface area is 139 Å². The van der Waals surface area contributed by atoms with Crippen LogP contribution in [-0.2, 0) is 4.79 Å². The Morgan fingerprint density at radius 1 is 1.09 bits per heavy atom. The van der Waals surface area contributed by atoms with Gasteiger partial charge in [0, 0.05) is 5.41 Å². The van der Waals surface area contributed by atoms with Gasteiger partial charge < -0.3 is 10.6 Å². The summed E-state index contributed by atoms with van der Waals surface area (Å²) in [5, 5.41) is 6.90. The van der Waals surface area contributed by atoms with Crippen molar-refractivity contribution < 1.29 is 4.79 Å². The Morgan fingerprint density at radius 3 is 2.23 bits per heavy atom. The summed E-state index contributed by atoms with van der Waals surface area (Å²) in [6.45, 7) is 5.56. The standard InChI is InChI=1S/C16H17Cl2N3O/c1-16(2,3)15(22)20-10-7-8-13(19-9-10)21-14-11(17)5-4-6-12(14)18/h4-9H,1-3H3,(H,19,21)(H,20,22). The second-order valence-corrected chi connectivity index (χ2v) is 6.67. The number of aromatic nitrogens is 1. The number of rotatable bonds is 3. The molecule has 22 heavy (non-hydrogen) atoms. The number of carbonyl (C=O) groups excluding carboxylic acids is 1. The molecule has 1 amide bonds. The molecule has 0 saturated heterocycles. The Morgan fingerprint density at radius 2 is 1.73 bits per heavy atom. The van der Waals surface area contributed by atoms with Crippen molar-refractivity contribution in [1.82, 2.24) is 4.98 Å². The summed E-state index contributed by atoms with van der Waals surface area (Å²) < 4.78 is 0. The monoisotopic (exact) mass is 337 g/mol. The molecule has 0 aliphatic heterocycles. The van der Waals surface area contributed by atoms with E-state index < -0.39 is 5.41 Å². The SMILES string of the molecule is CC(C)(C)C(=O)Nc1ccc(Nc2c(Cl)cccc2Cl)nc1. The fourth-order valence-corrected chi connectivity index (χ4v) is 2.10. The van der Waals surface area contributed by atoms with Crippen LogP contribution in [0.1, 0.15) is 20.8 Å². The molecule has 0 bridgehead atoms. The Kier molecular flexibility index (Phi) is 4.94. The number of hydrogen-bond acceptors (Lipinski definition) is 3. The van der Waals surface area contributed by atoms with Gasteiger partial charge in [-0.05, 0) is 24.3 Å². The summed E-state index contributed by atoms with van der Waals surface area (Å²) in [5.74, 6) is 0.521. The van der Waals surface area contributed by atoms with E-state index in [-0.39, 0.29) is 5.91 Å². The van der Waals surface area contributed by atoms with Crippen LogP contribution in [0.2, 0.25) is 10.0 Å². The van der Waals surface area contributed by atoms with Crippen LogP contribution in [0.4, 0.5) is 17.2 Å². The minimum Gasteiger partial charge on any atom is -0.338 e. The predicted molar refractivity (Wildman–Crippen MR) is 92.1 cm³/mol. The summed E-state index contributed by atoms with van der Waals surface area (Å²) in [7, 11) is 0. The quantitative estimate of drug-likeness (QED) is 0.817. The number of benzene rings is 1. The molecule has 0 radical (unpaired) electrons. The minimum absolute atomic E-state index is 0.0656. The van der Waals surface area contributed by atoms with Crippen LogP contribution in [0.5, 0.6) is 0 Å². The fraction of sp³-hybridized carbons (Fsp3) is 0.250. The highest BCUT2D eigenvalue weighted by Crippen LogP contribution is 2.32. The van der Waals surface area contributed by atoms with E-state index in [1.807, 2.05) is 20.8 Å². The van der Waals surface area contributed by atoms with E-state index >= 15 is 0 Å². The lowest BCUT2D eigenvalue weighted by molar-refractivity contribution is -0.123. The molecule has 0 spiro atoms. The first kappa shape index (κ1) is 16.6. The fourth-order valence-electron chi connectivity index (χ4n) is 1.61. The molecule has 2 aromatic rings. The second-order valence-electron chi connectivity index (χ2n) is 5.86. The van der Waals surface area contributed by atoms with Gasteiger partial charge >= 0.3 is 0 Å². The van der Waals surface area contributed by atoms with E-state index in [2.05, 4.69) is 15.6 Å². The highest BCUT2D eigenvalue weighted by atomic mass is 35.5. The average molecular weight is 338 g/mol. The molecule has 116 valence electrons. The molecule has 1 aromatic carbocycles. The van der Waals surface area contributed by atoms with Crippen LogP contribution < -0.4 is 10.6 Å². The number of halogens is 2. The molecular formula is C16H17Cl2N3O. The van der Waals surface area contributed by atoms with Crippen molar-refractivity contribution >= 4 is 46.3 Å². The number of nitrogens with one attached hydrogen (secondary N) is 2. The molecule has 0 atom stereocenters. The second kappa shape index (κ2) is 6.55. The number of para-hydroxylation sites is 1. The Bertz CT molecular complexity index is 659. The van der Waals surface area contributed by atoms with Crippen LogP contribution in [-0.4, -0.2) is 10.9 Å². The van der Waals surface area contributed by atoms with E-state index in [4.69, 9.17) is 23.2 Å². The van der Waals surface area contributed by atoms with Crippen LogP contribution in [0.25, 0.3) is 0 Å². The third-order valence-electron chi connectivity index (χ3n) is 2.92. The van der Waals surface area contributed by atoms with E-state index in [0.717, 1.165) is 0 Å². The third kappa shape index (κ3) is 4.12. The molecule has 1 aromatic heterocycles. The van der Waals surface area contributed by atoms with Gasteiger partial charge in [0.05, 0.1) is 27.6 Å². The maximum Gasteiger partial charge on any atom is 0.229 e. The molecule has 2 rings (SSSR count). The lowest BCUT2D eigenvalue weighted by atomic mass is 9.96. The van der Waals surface area contributed by atoms with Gasteiger partial charge in [-0.2, -0.15) is 0 Å². The summed E-state index contributed by atoms with van der Waals surface area (Å²) in [4.78, 5) is 16.2. The molecule has 0 aliphatic carbocycles. The number of anilines is 3. The number of hydrogen-bond donors (Lipinski definition) is 2. The largest absolute Gasteiger partial charge is 0.338 e. The smallest absolute Gasteiger partial charge is 0.229 e. The summed E-state index contributed by atoms with van der Waals surface area (Å²) in [6, 6.07) is 8.78. The van der Waals surface area contributed by atoms with Gasteiger partial charge in [0.1, 0.15) is 5.82 Å². The molecule has 0 aliphatic rings. The maximum absolute atomic E-state index is 11.9. The van der Waals surface area contributed by atoms with Gasteiger partial charge in [0.2, 0.25) is 5.91 Å². The molecule has 4 nitrogen and oxygen atoms in total. The average Bonchev–Trinajstić information content (AvgIpc) is 2.44. The summed E-state index contributed by atoms with van der Waals surface area (Å²) in [6.07, 6.45) is 1.58. The Balaban J connectivity index is 2.11. The summed E-state index contributed by atoms with van der Waals surface area (Å²) >= 11 is 12.2. The van der Waals surface area contributed by atoms with Gasteiger partial charge in [-0.3, -0.25) is 4.79 Å². The van der Waals surface area contributed by atoms with Gasteiger partial charge in [0.25, 0.3) is 0 Å². The van der Waals surface area contributed by atoms with Gasteiger partial charge in [0.15, 0.2) is 0 Å². The molecule has 0 saturated carbocycles. The van der Waals surface area contributed by atoms with Crippen LogP contribution >= 0.6 is 23.2 Å². The lowest BCUT2D eigenvalue weighted by Crippen LogP contribution is -2.27. The number of pyridine rings is 1.